The third-order valence-corrected chi connectivity index (χ3v) is 4.39. The van der Waals surface area contributed by atoms with Gasteiger partial charge in [-0.15, -0.1) is 0 Å². The lowest BCUT2D eigenvalue weighted by Gasteiger charge is -2.42. The Hall–Kier alpha value is -0.550. The number of hydrogen-bond acceptors (Lipinski definition) is 2. The van der Waals surface area contributed by atoms with Gasteiger partial charge in [0, 0.05) is 0 Å². The van der Waals surface area contributed by atoms with Gasteiger partial charge in [-0.3, -0.25) is 4.90 Å². The molecule has 0 aromatic heterocycles. The minimum atomic E-state index is -0.0881. The predicted octanol–water partition coefficient (Wildman–Crippen LogP) is 2.94. The van der Waals surface area contributed by atoms with Crippen LogP contribution in [0.5, 0.6) is 0 Å². The Morgan fingerprint density at radius 2 is 2.00 bits per heavy atom. The molecule has 1 aliphatic carbocycles. The summed E-state index contributed by atoms with van der Waals surface area (Å²) in [4.78, 5) is 2.50. The van der Waals surface area contributed by atoms with E-state index in [0.717, 1.165) is 19.5 Å². The lowest BCUT2D eigenvalue weighted by molar-refractivity contribution is 0.0767. The maximum Gasteiger partial charge on any atom is 0.112 e. The van der Waals surface area contributed by atoms with Crippen LogP contribution in [0.4, 0.5) is 0 Å². The van der Waals surface area contributed by atoms with Crippen LogP contribution in [0, 0.1) is 17.2 Å². The first-order valence-corrected chi connectivity index (χ1v) is 6.50. The van der Waals surface area contributed by atoms with E-state index in [1.54, 1.807) is 0 Å². The molecule has 0 amide bonds. The van der Waals surface area contributed by atoms with Gasteiger partial charge in [-0.05, 0) is 44.7 Å². The monoisotopic (exact) mass is 206 g/mol. The van der Waals surface area contributed by atoms with Crippen LogP contribution in [0.1, 0.15) is 51.9 Å². The normalized spacial score (nSPS) is 37.7. The van der Waals surface area contributed by atoms with Crippen LogP contribution in [0.3, 0.4) is 0 Å². The lowest BCUT2D eigenvalue weighted by atomic mass is 9.83. The highest BCUT2D eigenvalue weighted by atomic mass is 15.2. The molecule has 2 heteroatoms. The van der Waals surface area contributed by atoms with Gasteiger partial charge in [0.15, 0.2) is 0 Å². The first-order chi connectivity index (χ1) is 7.33. The highest BCUT2D eigenvalue weighted by Gasteiger charge is 2.46. The average molecular weight is 206 g/mol. The van der Waals surface area contributed by atoms with Crippen molar-refractivity contribution in [2.24, 2.45) is 5.92 Å². The zero-order valence-electron chi connectivity index (χ0n) is 9.84. The summed E-state index contributed by atoms with van der Waals surface area (Å²) in [6.07, 6.45) is 8.74. The zero-order valence-corrected chi connectivity index (χ0v) is 9.84. The first-order valence-electron chi connectivity index (χ1n) is 6.50. The molecule has 1 saturated heterocycles. The maximum absolute atomic E-state index is 9.58. The van der Waals surface area contributed by atoms with Gasteiger partial charge in [-0.1, -0.05) is 26.2 Å². The van der Waals surface area contributed by atoms with Crippen LogP contribution < -0.4 is 0 Å². The van der Waals surface area contributed by atoms with E-state index >= 15 is 0 Å². The quantitative estimate of drug-likeness (QED) is 0.694. The van der Waals surface area contributed by atoms with E-state index in [0.29, 0.717) is 5.92 Å². The second-order valence-corrected chi connectivity index (χ2v) is 5.08. The summed E-state index contributed by atoms with van der Waals surface area (Å²) in [6, 6.07) is 2.67. The van der Waals surface area contributed by atoms with Crippen molar-refractivity contribution in [3.05, 3.63) is 0 Å². The van der Waals surface area contributed by atoms with Crippen molar-refractivity contribution in [2.75, 3.05) is 13.1 Å². The van der Waals surface area contributed by atoms with Crippen LogP contribution in [0.2, 0.25) is 0 Å². The number of nitriles is 1. The molecule has 2 fully saturated rings. The van der Waals surface area contributed by atoms with Crippen molar-refractivity contribution < 1.29 is 0 Å². The van der Waals surface area contributed by atoms with E-state index in [9.17, 15) is 5.26 Å². The average Bonchev–Trinajstić information content (AvgIpc) is 2.74. The van der Waals surface area contributed by atoms with Crippen molar-refractivity contribution in [3.8, 4) is 6.07 Å². The van der Waals surface area contributed by atoms with Crippen LogP contribution in [0.15, 0.2) is 0 Å². The summed E-state index contributed by atoms with van der Waals surface area (Å²) in [5.74, 6) is 0.626. The van der Waals surface area contributed by atoms with E-state index < -0.39 is 0 Å². The van der Waals surface area contributed by atoms with Gasteiger partial charge in [0.1, 0.15) is 5.54 Å². The Kier molecular flexibility index (Phi) is 3.31. The van der Waals surface area contributed by atoms with E-state index in [4.69, 9.17) is 0 Å². The fourth-order valence-electron chi connectivity index (χ4n) is 3.53. The summed E-state index contributed by atoms with van der Waals surface area (Å²) in [5, 5.41) is 9.58. The highest BCUT2D eigenvalue weighted by Crippen LogP contribution is 2.42. The number of likely N-dealkylation sites (tertiary alicyclic amines) is 1. The van der Waals surface area contributed by atoms with E-state index in [1.807, 2.05) is 0 Å². The smallest absolute Gasteiger partial charge is 0.112 e. The van der Waals surface area contributed by atoms with Gasteiger partial charge in [-0.2, -0.15) is 5.26 Å². The summed E-state index contributed by atoms with van der Waals surface area (Å²) in [7, 11) is 0. The van der Waals surface area contributed by atoms with Gasteiger partial charge in [0.25, 0.3) is 0 Å². The minimum Gasteiger partial charge on any atom is -0.285 e. The molecule has 0 radical (unpaired) electrons. The molecule has 84 valence electrons. The molecule has 0 aromatic carbocycles. The summed E-state index contributed by atoms with van der Waals surface area (Å²) >= 11 is 0. The molecule has 15 heavy (non-hydrogen) atoms. The molecule has 2 rings (SSSR count). The summed E-state index contributed by atoms with van der Waals surface area (Å²) < 4.78 is 0. The Morgan fingerprint density at radius 3 is 2.60 bits per heavy atom. The third-order valence-electron chi connectivity index (χ3n) is 4.39. The van der Waals surface area contributed by atoms with Crippen LogP contribution in [-0.4, -0.2) is 23.5 Å². The standard InChI is InChI=1S/C13H22N2/c1-2-12-7-6-8-13(12,11-14)15-9-4-3-5-10-15/h12H,2-10H2,1H3. The van der Waals surface area contributed by atoms with E-state index in [1.165, 1.54) is 38.5 Å². The Labute approximate surface area is 93.3 Å². The molecule has 2 aliphatic rings. The fraction of sp³-hybridized carbons (Fsp3) is 0.923. The van der Waals surface area contributed by atoms with Crippen LogP contribution in [-0.2, 0) is 0 Å². The third kappa shape index (κ3) is 1.78. The molecule has 0 spiro atoms. The number of piperidine rings is 1. The molecule has 1 saturated carbocycles. The Bertz CT molecular complexity index is 250. The SMILES string of the molecule is CCC1CCCC1(C#N)N1CCCCC1. The second kappa shape index (κ2) is 4.53. The van der Waals surface area contributed by atoms with Gasteiger partial charge in [-0.25, -0.2) is 0 Å². The maximum atomic E-state index is 9.58. The largest absolute Gasteiger partial charge is 0.285 e. The molecule has 1 aliphatic heterocycles. The van der Waals surface area contributed by atoms with E-state index in [2.05, 4.69) is 17.9 Å². The van der Waals surface area contributed by atoms with Crippen molar-refractivity contribution in [1.82, 2.24) is 4.90 Å². The Balaban J connectivity index is 2.16. The van der Waals surface area contributed by atoms with Gasteiger partial charge in [0.05, 0.1) is 6.07 Å². The molecule has 2 unspecified atom stereocenters. The summed E-state index contributed by atoms with van der Waals surface area (Å²) in [5.41, 5.74) is -0.0881. The Morgan fingerprint density at radius 1 is 1.27 bits per heavy atom. The number of rotatable bonds is 2. The second-order valence-electron chi connectivity index (χ2n) is 5.08. The van der Waals surface area contributed by atoms with Crippen molar-refractivity contribution in [3.63, 3.8) is 0 Å². The molecular formula is C13H22N2. The lowest BCUT2D eigenvalue weighted by Crippen LogP contribution is -2.52. The molecule has 0 bridgehead atoms. The molecule has 0 N–H and O–H groups in total. The van der Waals surface area contributed by atoms with Gasteiger partial charge < -0.3 is 0 Å². The minimum absolute atomic E-state index is 0.0881. The highest BCUT2D eigenvalue weighted by molar-refractivity contribution is 5.15. The number of hydrogen-bond donors (Lipinski definition) is 0. The van der Waals surface area contributed by atoms with Gasteiger partial charge >= 0.3 is 0 Å². The van der Waals surface area contributed by atoms with Crippen molar-refractivity contribution in [1.29, 1.82) is 5.26 Å². The van der Waals surface area contributed by atoms with Gasteiger partial charge in [0.2, 0.25) is 0 Å². The van der Waals surface area contributed by atoms with Crippen molar-refractivity contribution in [2.45, 2.75) is 57.4 Å². The number of nitrogens with zero attached hydrogens (tertiary/aromatic N) is 2. The summed E-state index contributed by atoms with van der Waals surface area (Å²) in [6.45, 7) is 4.56. The zero-order chi connectivity index (χ0) is 10.7. The predicted molar refractivity (Wildman–Crippen MR) is 61.4 cm³/mol. The topological polar surface area (TPSA) is 27.0 Å². The molecule has 0 aromatic rings. The van der Waals surface area contributed by atoms with E-state index in [-0.39, 0.29) is 5.54 Å². The molecule has 1 heterocycles. The first kappa shape index (κ1) is 11.0. The molecule has 2 nitrogen and oxygen atoms in total. The van der Waals surface area contributed by atoms with Crippen molar-refractivity contribution >= 4 is 0 Å². The fourth-order valence-corrected chi connectivity index (χ4v) is 3.53. The molecular weight excluding hydrogens is 184 g/mol. The van der Waals surface area contributed by atoms with Crippen LogP contribution in [0.25, 0.3) is 0 Å². The van der Waals surface area contributed by atoms with Crippen LogP contribution >= 0.6 is 0 Å². The molecule has 2 atom stereocenters.